The van der Waals surface area contributed by atoms with Gasteiger partial charge in [0.1, 0.15) is 0 Å². The van der Waals surface area contributed by atoms with Crippen LogP contribution < -0.4 is 0 Å². The van der Waals surface area contributed by atoms with Gasteiger partial charge in [0.05, 0.1) is 0 Å². The number of Topliss-reactive ketones (excluding diaryl/α,β-unsaturated/α-hetero) is 1. The summed E-state index contributed by atoms with van der Waals surface area (Å²) in [6.45, 7) is 10.7. The fraction of sp³-hybridized carbons (Fsp3) is 0.360. The Balaban J connectivity index is 2.07. The van der Waals surface area contributed by atoms with Gasteiger partial charge in [-0.2, -0.15) is 0 Å². The molecule has 2 aliphatic rings. The lowest BCUT2D eigenvalue weighted by Crippen LogP contribution is -2.19. The SMILES string of the molecule is CC1=C(/C=C/C(C)=C/C=C/C(C)=C/C2=CC(=O)C=C(O)C2=O)C(C)(C)CCC1. The van der Waals surface area contributed by atoms with Crippen molar-refractivity contribution >= 4 is 11.6 Å². The van der Waals surface area contributed by atoms with Gasteiger partial charge in [0.15, 0.2) is 11.5 Å². The number of hydrogen-bond donors (Lipinski definition) is 1. The van der Waals surface area contributed by atoms with E-state index < -0.39 is 11.5 Å². The van der Waals surface area contributed by atoms with E-state index in [1.54, 1.807) is 6.08 Å². The minimum Gasteiger partial charge on any atom is -0.504 e. The second-order valence-electron chi connectivity index (χ2n) is 8.28. The fourth-order valence-corrected chi connectivity index (χ4v) is 3.64. The van der Waals surface area contributed by atoms with Crippen LogP contribution in [0.3, 0.4) is 0 Å². The number of aliphatic hydroxyl groups excluding tert-OH is 1. The van der Waals surface area contributed by atoms with Crippen molar-refractivity contribution in [3.8, 4) is 0 Å². The van der Waals surface area contributed by atoms with Crippen LogP contribution in [0.2, 0.25) is 0 Å². The molecular formula is C25H30O3. The molecule has 0 aromatic heterocycles. The van der Waals surface area contributed by atoms with Crippen LogP contribution in [0.15, 0.2) is 82.2 Å². The normalized spacial score (nSPS) is 21.6. The Bertz CT molecular complexity index is 881. The zero-order valence-corrected chi connectivity index (χ0v) is 17.5. The highest BCUT2D eigenvalue weighted by molar-refractivity contribution is 6.20. The lowest BCUT2D eigenvalue weighted by atomic mass is 9.72. The van der Waals surface area contributed by atoms with Gasteiger partial charge in [-0.1, -0.05) is 60.9 Å². The van der Waals surface area contributed by atoms with E-state index in [1.807, 2.05) is 25.2 Å². The van der Waals surface area contributed by atoms with Crippen molar-refractivity contribution < 1.29 is 14.7 Å². The molecule has 0 radical (unpaired) electrons. The monoisotopic (exact) mass is 378 g/mol. The average Bonchev–Trinajstić information content (AvgIpc) is 2.58. The van der Waals surface area contributed by atoms with E-state index >= 15 is 0 Å². The first-order valence-electron chi connectivity index (χ1n) is 9.73. The number of hydrogen-bond acceptors (Lipinski definition) is 3. The van der Waals surface area contributed by atoms with Crippen LogP contribution in [0, 0.1) is 5.41 Å². The molecule has 0 spiro atoms. The Kier molecular flexibility index (Phi) is 6.95. The zero-order chi connectivity index (χ0) is 20.9. The van der Waals surface area contributed by atoms with Gasteiger partial charge in [-0.05, 0) is 63.2 Å². The van der Waals surface area contributed by atoms with Gasteiger partial charge in [-0.3, -0.25) is 9.59 Å². The van der Waals surface area contributed by atoms with E-state index in [0.29, 0.717) is 0 Å². The maximum absolute atomic E-state index is 11.9. The molecule has 0 unspecified atom stereocenters. The molecule has 3 nitrogen and oxygen atoms in total. The molecule has 0 saturated heterocycles. The summed E-state index contributed by atoms with van der Waals surface area (Å²) in [6.07, 6.45) is 17.6. The highest BCUT2D eigenvalue weighted by Gasteiger charge is 2.26. The molecule has 0 amide bonds. The van der Waals surface area contributed by atoms with Gasteiger partial charge in [-0.25, -0.2) is 0 Å². The summed E-state index contributed by atoms with van der Waals surface area (Å²) >= 11 is 0. The molecule has 3 heteroatoms. The fourth-order valence-electron chi connectivity index (χ4n) is 3.64. The van der Waals surface area contributed by atoms with Crippen molar-refractivity contribution in [3.63, 3.8) is 0 Å². The third-order valence-corrected chi connectivity index (χ3v) is 5.23. The maximum Gasteiger partial charge on any atom is 0.227 e. The van der Waals surface area contributed by atoms with E-state index in [2.05, 4.69) is 39.8 Å². The third kappa shape index (κ3) is 5.66. The zero-order valence-electron chi connectivity index (χ0n) is 17.5. The number of aliphatic hydroxyl groups is 1. The molecule has 0 aromatic rings. The largest absolute Gasteiger partial charge is 0.504 e. The minimum absolute atomic E-state index is 0.203. The smallest absolute Gasteiger partial charge is 0.227 e. The van der Waals surface area contributed by atoms with E-state index in [-0.39, 0.29) is 16.8 Å². The highest BCUT2D eigenvalue weighted by atomic mass is 16.3. The first-order chi connectivity index (χ1) is 13.1. The molecule has 2 rings (SSSR count). The van der Waals surface area contributed by atoms with E-state index in [0.717, 1.165) is 17.2 Å². The summed E-state index contributed by atoms with van der Waals surface area (Å²) < 4.78 is 0. The third-order valence-electron chi connectivity index (χ3n) is 5.23. The number of rotatable bonds is 5. The summed E-state index contributed by atoms with van der Waals surface area (Å²) in [4.78, 5) is 23.3. The lowest BCUT2D eigenvalue weighted by molar-refractivity contribution is -0.117. The van der Waals surface area contributed by atoms with Gasteiger partial charge in [0, 0.05) is 11.6 Å². The number of carbonyl (C=O) groups is 2. The van der Waals surface area contributed by atoms with Crippen molar-refractivity contribution in [2.75, 3.05) is 0 Å². The molecule has 0 aromatic carbocycles. The predicted molar refractivity (Wildman–Crippen MR) is 115 cm³/mol. The van der Waals surface area contributed by atoms with Crippen LogP contribution in [0.25, 0.3) is 0 Å². The molecule has 0 bridgehead atoms. The molecule has 0 fully saturated rings. The Hall–Kier alpha value is -2.68. The summed E-state index contributed by atoms with van der Waals surface area (Å²) in [6, 6.07) is 0. The first-order valence-corrected chi connectivity index (χ1v) is 9.73. The van der Waals surface area contributed by atoms with Crippen molar-refractivity contribution in [1.82, 2.24) is 0 Å². The summed E-state index contributed by atoms with van der Waals surface area (Å²) in [5.41, 5.74) is 5.30. The molecule has 148 valence electrons. The van der Waals surface area contributed by atoms with Crippen molar-refractivity contribution in [2.24, 2.45) is 5.41 Å². The predicted octanol–water partition coefficient (Wildman–Crippen LogP) is 6.04. The highest BCUT2D eigenvalue weighted by Crippen LogP contribution is 2.40. The molecule has 0 heterocycles. The van der Waals surface area contributed by atoms with Gasteiger partial charge in [-0.15, -0.1) is 0 Å². The van der Waals surface area contributed by atoms with Crippen molar-refractivity contribution in [3.05, 3.63) is 82.2 Å². The molecule has 0 aliphatic heterocycles. The van der Waals surface area contributed by atoms with Crippen LogP contribution in [0.1, 0.15) is 53.9 Å². The van der Waals surface area contributed by atoms with Gasteiger partial charge < -0.3 is 5.11 Å². The number of carbonyl (C=O) groups excluding carboxylic acids is 2. The number of allylic oxidation sites excluding steroid dienone is 13. The van der Waals surface area contributed by atoms with E-state index in [1.165, 1.54) is 36.5 Å². The van der Waals surface area contributed by atoms with Crippen molar-refractivity contribution in [2.45, 2.75) is 53.9 Å². The average molecular weight is 379 g/mol. The van der Waals surface area contributed by atoms with Gasteiger partial charge in [0.25, 0.3) is 0 Å². The van der Waals surface area contributed by atoms with Crippen molar-refractivity contribution in [1.29, 1.82) is 0 Å². The minimum atomic E-state index is -0.527. The second-order valence-corrected chi connectivity index (χ2v) is 8.28. The molecule has 2 aliphatic carbocycles. The van der Waals surface area contributed by atoms with Crippen LogP contribution in [0.4, 0.5) is 0 Å². The summed E-state index contributed by atoms with van der Waals surface area (Å²) in [5.74, 6) is -1.41. The maximum atomic E-state index is 11.9. The Labute approximate surface area is 168 Å². The Morgan fingerprint density at radius 3 is 2.50 bits per heavy atom. The van der Waals surface area contributed by atoms with Crippen LogP contribution in [-0.4, -0.2) is 16.7 Å². The second kappa shape index (κ2) is 9.01. The van der Waals surface area contributed by atoms with Gasteiger partial charge >= 0.3 is 0 Å². The van der Waals surface area contributed by atoms with E-state index in [9.17, 15) is 14.7 Å². The Morgan fingerprint density at radius 1 is 1.11 bits per heavy atom. The quantitative estimate of drug-likeness (QED) is 0.469. The summed E-state index contributed by atoms with van der Waals surface area (Å²) in [5, 5.41) is 9.48. The van der Waals surface area contributed by atoms with Crippen LogP contribution >= 0.6 is 0 Å². The number of ketones is 2. The molecule has 0 saturated carbocycles. The molecule has 28 heavy (non-hydrogen) atoms. The lowest BCUT2D eigenvalue weighted by Gasteiger charge is -2.32. The van der Waals surface area contributed by atoms with Crippen LogP contribution in [-0.2, 0) is 9.59 Å². The molecular weight excluding hydrogens is 348 g/mol. The first kappa shape index (κ1) is 21.6. The summed E-state index contributed by atoms with van der Waals surface area (Å²) in [7, 11) is 0. The van der Waals surface area contributed by atoms with Gasteiger partial charge in [0.2, 0.25) is 5.78 Å². The topological polar surface area (TPSA) is 54.4 Å². The molecule has 1 N–H and O–H groups in total. The molecule has 0 atom stereocenters. The van der Waals surface area contributed by atoms with Crippen LogP contribution in [0.5, 0.6) is 0 Å². The Morgan fingerprint density at radius 2 is 1.82 bits per heavy atom. The van der Waals surface area contributed by atoms with E-state index in [4.69, 9.17) is 0 Å². The standard InChI is InChI=1S/C25H30O3/c1-17(11-12-22-19(3)10-7-13-25(22,4)5)8-6-9-18(2)14-20-15-21(26)16-23(27)24(20)28/h6,8-9,11-12,14-16,27H,7,10,13H2,1-5H3/b9-6+,12-11+,17-8+,18-14+.